The third-order valence-corrected chi connectivity index (χ3v) is 2.61. The normalized spacial score (nSPS) is 16.1. The largest absolute Gasteiger partial charge is 0.595 e. The molecular weight excluding hydrogens is 232 g/mol. The summed E-state index contributed by atoms with van der Waals surface area (Å²) in [4.78, 5) is 0.510. The SMILES string of the molecule is CCCCCC/C=C/[N+]([O-])=N[C@@H](COC)[C@H](C)O. The maximum Gasteiger partial charge on any atom is 0.205 e. The van der Waals surface area contributed by atoms with Gasteiger partial charge in [-0.1, -0.05) is 31.0 Å². The smallest absolute Gasteiger partial charge is 0.205 e. The first-order valence-electron chi connectivity index (χ1n) is 6.62. The lowest BCUT2D eigenvalue weighted by molar-refractivity contribution is -0.464. The highest BCUT2D eigenvalue weighted by atomic mass is 16.5. The minimum Gasteiger partial charge on any atom is -0.595 e. The molecule has 0 aliphatic carbocycles. The predicted molar refractivity (Wildman–Crippen MR) is 71.3 cm³/mol. The Kier molecular flexibility index (Phi) is 10.6. The second-order valence-corrected chi connectivity index (χ2v) is 4.42. The number of rotatable bonds is 10. The second kappa shape index (κ2) is 11.2. The molecule has 0 fully saturated rings. The van der Waals surface area contributed by atoms with Crippen LogP contribution in [-0.2, 0) is 4.74 Å². The number of aliphatic hydroxyl groups is 1. The van der Waals surface area contributed by atoms with Crippen molar-refractivity contribution in [1.29, 1.82) is 0 Å². The highest BCUT2D eigenvalue weighted by Crippen LogP contribution is 2.04. The average molecular weight is 258 g/mol. The zero-order valence-electron chi connectivity index (χ0n) is 11.7. The molecule has 0 saturated heterocycles. The summed E-state index contributed by atoms with van der Waals surface area (Å²) in [6, 6.07) is -0.516. The Morgan fingerprint density at radius 3 is 2.67 bits per heavy atom. The molecule has 106 valence electrons. The Balaban J connectivity index is 4.02. The number of unbranched alkanes of at least 4 members (excludes halogenated alkanes) is 4. The van der Waals surface area contributed by atoms with E-state index in [9.17, 15) is 10.3 Å². The van der Waals surface area contributed by atoms with Crippen molar-refractivity contribution in [3.05, 3.63) is 17.5 Å². The van der Waals surface area contributed by atoms with Gasteiger partial charge in [-0.15, -0.1) is 0 Å². The van der Waals surface area contributed by atoms with Crippen molar-refractivity contribution in [3.63, 3.8) is 0 Å². The van der Waals surface area contributed by atoms with Gasteiger partial charge in [-0.05, 0) is 31.0 Å². The fourth-order valence-corrected chi connectivity index (χ4v) is 1.48. The van der Waals surface area contributed by atoms with E-state index in [0.29, 0.717) is 4.86 Å². The van der Waals surface area contributed by atoms with E-state index in [1.807, 2.05) is 6.08 Å². The number of nitrogens with zero attached hydrogens (tertiary/aromatic N) is 2. The minimum absolute atomic E-state index is 0.237. The van der Waals surface area contributed by atoms with Gasteiger partial charge in [-0.25, -0.2) is 0 Å². The number of methoxy groups -OCH3 is 1. The van der Waals surface area contributed by atoms with Crippen molar-refractivity contribution in [2.45, 2.75) is 58.1 Å². The van der Waals surface area contributed by atoms with Gasteiger partial charge in [0, 0.05) is 7.11 Å². The molecule has 0 saturated carbocycles. The van der Waals surface area contributed by atoms with Crippen LogP contribution in [0.15, 0.2) is 17.4 Å². The van der Waals surface area contributed by atoms with Gasteiger partial charge in [0.25, 0.3) is 0 Å². The standard InChI is InChI=1S/C13H26N2O3/c1-4-5-6-7-8-9-10-15(17)14-13(11-18-3)12(2)16/h9-10,12-13,16H,4-8,11H2,1-3H3/b10-9+,15-14?/t12-,13-/m0/s1. The van der Waals surface area contributed by atoms with E-state index < -0.39 is 12.1 Å². The molecule has 0 amide bonds. The number of azo groups is 1. The number of allylic oxidation sites excluding steroid dienone is 1. The van der Waals surface area contributed by atoms with E-state index in [1.54, 1.807) is 6.92 Å². The lowest BCUT2D eigenvalue weighted by atomic mass is 10.1. The molecule has 0 aromatic heterocycles. The van der Waals surface area contributed by atoms with E-state index >= 15 is 0 Å². The number of hydrogen-bond donors (Lipinski definition) is 1. The van der Waals surface area contributed by atoms with Crippen LogP contribution in [0.3, 0.4) is 0 Å². The number of aliphatic hydroxyl groups excluding tert-OH is 1. The van der Waals surface area contributed by atoms with Gasteiger partial charge in [0.2, 0.25) is 6.20 Å². The molecule has 0 radical (unpaired) electrons. The fraction of sp³-hybridized carbons (Fsp3) is 0.846. The Hall–Kier alpha value is -0.940. The number of hydrogen-bond acceptors (Lipinski definition) is 4. The van der Waals surface area contributed by atoms with E-state index in [4.69, 9.17) is 4.74 Å². The van der Waals surface area contributed by atoms with Gasteiger partial charge in [0.15, 0.2) is 6.04 Å². The van der Waals surface area contributed by atoms with Crippen molar-refractivity contribution >= 4 is 0 Å². The van der Waals surface area contributed by atoms with Gasteiger partial charge >= 0.3 is 0 Å². The summed E-state index contributed by atoms with van der Waals surface area (Å²) >= 11 is 0. The van der Waals surface area contributed by atoms with Gasteiger partial charge < -0.3 is 15.1 Å². The van der Waals surface area contributed by atoms with Crippen molar-refractivity contribution in [2.24, 2.45) is 5.11 Å². The molecule has 1 N–H and O–H groups in total. The van der Waals surface area contributed by atoms with Crippen molar-refractivity contribution in [2.75, 3.05) is 13.7 Å². The third-order valence-electron chi connectivity index (χ3n) is 2.61. The van der Waals surface area contributed by atoms with Crippen LogP contribution in [0, 0.1) is 5.21 Å². The van der Waals surface area contributed by atoms with Crippen molar-refractivity contribution in [3.8, 4) is 0 Å². The summed E-state index contributed by atoms with van der Waals surface area (Å²) in [5.74, 6) is 0. The summed E-state index contributed by atoms with van der Waals surface area (Å²) in [5, 5.41) is 24.6. The van der Waals surface area contributed by atoms with Crippen LogP contribution in [-0.4, -0.2) is 35.8 Å². The monoisotopic (exact) mass is 258 g/mol. The molecule has 0 rings (SSSR count). The second-order valence-electron chi connectivity index (χ2n) is 4.42. The summed E-state index contributed by atoms with van der Waals surface area (Å²) in [6.45, 7) is 4.00. The minimum atomic E-state index is -0.695. The van der Waals surface area contributed by atoms with Crippen LogP contribution < -0.4 is 0 Å². The first-order chi connectivity index (χ1) is 8.61. The Morgan fingerprint density at radius 2 is 2.11 bits per heavy atom. The molecule has 18 heavy (non-hydrogen) atoms. The van der Waals surface area contributed by atoms with Gasteiger partial charge in [-0.2, -0.15) is 0 Å². The van der Waals surface area contributed by atoms with Crippen LogP contribution >= 0.6 is 0 Å². The predicted octanol–water partition coefficient (Wildman–Crippen LogP) is 2.83. The molecule has 2 atom stereocenters. The van der Waals surface area contributed by atoms with E-state index in [2.05, 4.69) is 12.0 Å². The molecule has 0 aliphatic heterocycles. The molecule has 0 heterocycles. The third kappa shape index (κ3) is 9.13. The Bertz CT molecular complexity index is 253. The highest BCUT2D eigenvalue weighted by Gasteiger charge is 2.17. The highest BCUT2D eigenvalue weighted by molar-refractivity contribution is 4.73. The summed E-state index contributed by atoms with van der Waals surface area (Å²) < 4.78 is 4.89. The molecule has 5 nitrogen and oxygen atoms in total. The van der Waals surface area contributed by atoms with Crippen LogP contribution in [0.2, 0.25) is 0 Å². The summed E-state index contributed by atoms with van der Waals surface area (Å²) in [5.41, 5.74) is 0. The number of ether oxygens (including phenoxy) is 1. The molecule has 0 unspecified atom stereocenters. The number of hydroxylamine groups is 1. The van der Waals surface area contributed by atoms with Crippen LogP contribution in [0.5, 0.6) is 0 Å². The summed E-state index contributed by atoms with van der Waals surface area (Å²) in [7, 11) is 1.52. The molecule has 0 spiro atoms. The zero-order chi connectivity index (χ0) is 13.8. The van der Waals surface area contributed by atoms with Gasteiger partial charge in [0.05, 0.1) is 12.7 Å². The van der Waals surface area contributed by atoms with E-state index in [1.165, 1.54) is 32.6 Å². The van der Waals surface area contributed by atoms with E-state index in [-0.39, 0.29) is 6.61 Å². The molecule has 0 aromatic carbocycles. The Morgan fingerprint density at radius 1 is 1.39 bits per heavy atom. The molecule has 5 heteroatoms. The maximum atomic E-state index is 11.4. The average Bonchev–Trinajstić information content (AvgIpc) is 2.33. The molecular formula is C13H26N2O3. The lowest BCUT2D eigenvalue weighted by Crippen LogP contribution is -2.27. The van der Waals surface area contributed by atoms with Crippen LogP contribution in [0.4, 0.5) is 0 Å². The molecule has 0 aromatic rings. The first-order valence-corrected chi connectivity index (χ1v) is 6.62. The van der Waals surface area contributed by atoms with Crippen LogP contribution in [0.1, 0.15) is 46.0 Å². The molecule has 0 bridgehead atoms. The van der Waals surface area contributed by atoms with Crippen LogP contribution in [0.25, 0.3) is 0 Å². The van der Waals surface area contributed by atoms with Gasteiger partial charge in [-0.3, -0.25) is 0 Å². The van der Waals surface area contributed by atoms with Crippen molar-refractivity contribution < 1.29 is 14.7 Å². The topological polar surface area (TPSA) is 67.9 Å². The quantitative estimate of drug-likeness (QED) is 0.283. The zero-order valence-corrected chi connectivity index (χ0v) is 11.7. The molecule has 0 aliphatic rings. The summed E-state index contributed by atoms with van der Waals surface area (Å²) in [6.07, 6.45) is 8.14. The Labute approximate surface area is 110 Å². The van der Waals surface area contributed by atoms with Gasteiger partial charge in [0.1, 0.15) is 0 Å². The van der Waals surface area contributed by atoms with Crippen molar-refractivity contribution in [1.82, 2.24) is 0 Å². The van der Waals surface area contributed by atoms with E-state index in [0.717, 1.165) is 12.8 Å². The maximum absolute atomic E-state index is 11.4. The lowest BCUT2D eigenvalue weighted by Gasteiger charge is -2.11. The fourth-order valence-electron chi connectivity index (χ4n) is 1.48. The first kappa shape index (κ1) is 17.1.